The molecule has 1 heterocycles. The van der Waals surface area contributed by atoms with Crippen molar-refractivity contribution in [3.8, 4) is 0 Å². The first-order valence-corrected chi connectivity index (χ1v) is 12.0. The average Bonchev–Trinajstić information content (AvgIpc) is 2.72. The van der Waals surface area contributed by atoms with Crippen molar-refractivity contribution in [1.82, 2.24) is 20.9 Å². The third-order valence-electron chi connectivity index (χ3n) is 5.66. The minimum Gasteiger partial charge on any atom is -0.465 e. The lowest BCUT2D eigenvalue weighted by Gasteiger charge is -2.38. The summed E-state index contributed by atoms with van der Waals surface area (Å²) in [6.07, 6.45) is 1.31. The van der Waals surface area contributed by atoms with Gasteiger partial charge in [-0.05, 0) is 49.4 Å². The molecule has 0 saturated carbocycles. The highest BCUT2D eigenvalue weighted by atomic mass is 35.5. The first-order valence-electron chi connectivity index (χ1n) is 11.6. The summed E-state index contributed by atoms with van der Waals surface area (Å²) in [5, 5.41) is 18.1. The van der Waals surface area contributed by atoms with Gasteiger partial charge >= 0.3 is 12.1 Å². The second kappa shape index (κ2) is 13.0. The van der Waals surface area contributed by atoms with Crippen LogP contribution in [-0.2, 0) is 4.74 Å². The first-order chi connectivity index (χ1) is 15.6. The second-order valence-electron chi connectivity index (χ2n) is 9.90. The van der Waals surface area contributed by atoms with Crippen molar-refractivity contribution in [2.75, 3.05) is 39.8 Å². The summed E-state index contributed by atoms with van der Waals surface area (Å²) < 4.78 is 6.13. The molecule has 0 unspecified atom stereocenters. The highest BCUT2D eigenvalue weighted by molar-refractivity contribution is 6.30. The molecule has 9 heteroatoms. The lowest BCUT2D eigenvalue weighted by molar-refractivity contribution is -0.00852. The highest BCUT2D eigenvalue weighted by Crippen LogP contribution is 2.34. The standard InChI is InChI=1S/C24H39ClN4O4/c1-24(2,3)14-20(15-26-4)28-22(30)29-11-6-8-18(16-29)21(33-12-10-27-23(31)32)17-7-5-9-19(25)13-17/h5,7,9,13,18,20-21,26-27H,6,8,10-12,14-16H2,1-4H3,(H,28,30)(H,31,32)/t18-,20+,21+/m1/s1. The van der Waals surface area contributed by atoms with Crippen LogP contribution in [0.15, 0.2) is 24.3 Å². The summed E-state index contributed by atoms with van der Waals surface area (Å²) in [5.41, 5.74) is 1.04. The first kappa shape index (κ1) is 27.2. The quantitative estimate of drug-likeness (QED) is 0.376. The van der Waals surface area contributed by atoms with Crippen LogP contribution in [0.5, 0.6) is 0 Å². The molecule has 0 radical (unpaired) electrons. The Bertz CT molecular complexity index is 771. The van der Waals surface area contributed by atoms with Gasteiger partial charge in [-0.2, -0.15) is 0 Å². The molecule has 0 bridgehead atoms. The number of amides is 3. The van der Waals surface area contributed by atoms with E-state index in [9.17, 15) is 9.59 Å². The summed E-state index contributed by atoms with van der Waals surface area (Å²) in [6.45, 7) is 8.93. The number of carbonyl (C=O) groups excluding carboxylic acids is 1. The third-order valence-corrected chi connectivity index (χ3v) is 5.90. The molecule has 33 heavy (non-hydrogen) atoms. The lowest BCUT2D eigenvalue weighted by atomic mass is 9.87. The summed E-state index contributed by atoms with van der Waals surface area (Å²) in [5.74, 6) is 0.0816. The van der Waals surface area contributed by atoms with Crippen molar-refractivity contribution < 1.29 is 19.4 Å². The van der Waals surface area contributed by atoms with Crippen LogP contribution < -0.4 is 16.0 Å². The minimum atomic E-state index is -1.08. The number of likely N-dealkylation sites (tertiary alicyclic amines) is 1. The molecule has 3 atom stereocenters. The molecular weight excluding hydrogens is 444 g/mol. The molecule has 0 spiro atoms. The van der Waals surface area contributed by atoms with Gasteiger partial charge in [0.2, 0.25) is 0 Å². The van der Waals surface area contributed by atoms with Gasteiger partial charge in [0.1, 0.15) is 0 Å². The van der Waals surface area contributed by atoms with Crippen LogP contribution in [0.2, 0.25) is 5.02 Å². The number of nitrogens with zero attached hydrogens (tertiary/aromatic N) is 1. The number of rotatable bonds is 10. The third kappa shape index (κ3) is 9.78. The number of urea groups is 1. The van der Waals surface area contributed by atoms with Crippen LogP contribution in [0.4, 0.5) is 9.59 Å². The predicted octanol–water partition coefficient (Wildman–Crippen LogP) is 4.11. The van der Waals surface area contributed by atoms with E-state index in [1.807, 2.05) is 36.2 Å². The zero-order valence-corrected chi connectivity index (χ0v) is 21.0. The number of nitrogens with one attached hydrogen (secondary N) is 3. The van der Waals surface area contributed by atoms with Gasteiger partial charge in [-0.25, -0.2) is 9.59 Å². The van der Waals surface area contributed by atoms with E-state index in [2.05, 4.69) is 36.7 Å². The van der Waals surface area contributed by atoms with Crippen LogP contribution in [0.3, 0.4) is 0 Å². The maximum absolute atomic E-state index is 13.1. The van der Waals surface area contributed by atoms with Crippen molar-refractivity contribution in [1.29, 1.82) is 0 Å². The minimum absolute atomic E-state index is 0.0462. The topological polar surface area (TPSA) is 103 Å². The van der Waals surface area contributed by atoms with Crippen LogP contribution in [0, 0.1) is 11.3 Å². The van der Waals surface area contributed by atoms with Gasteiger partial charge in [-0.15, -0.1) is 0 Å². The molecule has 1 aromatic carbocycles. The van der Waals surface area contributed by atoms with Gasteiger partial charge in [-0.1, -0.05) is 44.5 Å². The van der Waals surface area contributed by atoms with Crippen LogP contribution in [-0.4, -0.2) is 68.0 Å². The molecule has 0 aliphatic carbocycles. The monoisotopic (exact) mass is 482 g/mol. The fraction of sp³-hybridized carbons (Fsp3) is 0.667. The number of hydrogen-bond acceptors (Lipinski definition) is 4. The van der Waals surface area contributed by atoms with Gasteiger partial charge in [-0.3, -0.25) is 0 Å². The molecule has 0 aromatic heterocycles. The van der Waals surface area contributed by atoms with E-state index in [4.69, 9.17) is 21.4 Å². The number of ether oxygens (including phenoxy) is 1. The number of halogens is 1. The summed E-state index contributed by atoms with van der Waals surface area (Å²) >= 11 is 6.22. The largest absolute Gasteiger partial charge is 0.465 e. The van der Waals surface area contributed by atoms with E-state index < -0.39 is 6.09 Å². The van der Waals surface area contributed by atoms with E-state index in [1.54, 1.807) is 0 Å². The number of likely N-dealkylation sites (N-methyl/N-ethyl adjacent to an activating group) is 1. The molecule has 1 fully saturated rings. The highest BCUT2D eigenvalue weighted by Gasteiger charge is 2.32. The van der Waals surface area contributed by atoms with E-state index in [0.717, 1.165) is 24.8 Å². The number of carbonyl (C=O) groups is 2. The fourth-order valence-corrected chi connectivity index (χ4v) is 4.60. The molecule has 2 rings (SSSR count). The summed E-state index contributed by atoms with van der Waals surface area (Å²) in [7, 11) is 1.89. The van der Waals surface area contributed by atoms with Crippen molar-refractivity contribution in [3.63, 3.8) is 0 Å². The molecule has 3 amide bonds. The second-order valence-corrected chi connectivity index (χ2v) is 10.3. The van der Waals surface area contributed by atoms with E-state index in [1.165, 1.54) is 0 Å². The van der Waals surface area contributed by atoms with E-state index >= 15 is 0 Å². The van der Waals surface area contributed by atoms with Gasteiger partial charge in [0.25, 0.3) is 0 Å². The van der Waals surface area contributed by atoms with Crippen molar-refractivity contribution in [3.05, 3.63) is 34.9 Å². The maximum atomic E-state index is 13.1. The smallest absolute Gasteiger partial charge is 0.404 e. The molecule has 1 aliphatic heterocycles. The molecule has 1 aliphatic rings. The normalized spacial score (nSPS) is 18.5. The Morgan fingerprint density at radius 2 is 2.09 bits per heavy atom. The number of hydrogen-bond donors (Lipinski definition) is 4. The van der Waals surface area contributed by atoms with Gasteiger partial charge in [0, 0.05) is 43.2 Å². The van der Waals surface area contributed by atoms with Crippen LogP contribution in [0.1, 0.15) is 51.7 Å². The Kier molecular flexibility index (Phi) is 10.7. The molecule has 186 valence electrons. The number of piperidine rings is 1. The Balaban J connectivity index is 2.08. The maximum Gasteiger partial charge on any atom is 0.404 e. The summed E-state index contributed by atoms with van der Waals surface area (Å²) in [4.78, 5) is 25.7. The van der Waals surface area contributed by atoms with Gasteiger partial charge in [0.15, 0.2) is 0 Å². The number of carboxylic acid groups (broad SMARTS) is 1. The van der Waals surface area contributed by atoms with Crippen molar-refractivity contribution >= 4 is 23.7 Å². The zero-order chi connectivity index (χ0) is 24.4. The van der Waals surface area contributed by atoms with Gasteiger partial charge < -0.3 is 30.7 Å². The lowest BCUT2D eigenvalue weighted by Crippen LogP contribution is -2.52. The Morgan fingerprint density at radius 1 is 1.33 bits per heavy atom. The number of benzene rings is 1. The Labute approximate surface area is 202 Å². The van der Waals surface area contributed by atoms with E-state index in [-0.39, 0.29) is 42.7 Å². The van der Waals surface area contributed by atoms with Crippen molar-refractivity contribution in [2.24, 2.45) is 11.3 Å². The molecule has 4 N–H and O–H groups in total. The molecule has 1 aromatic rings. The zero-order valence-electron chi connectivity index (χ0n) is 20.2. The van der Waals surface area contributed by atoms with Crippen LogP contribution in [0.25, 0.3) is 0 Å². The van der Waals surface area contributed by atoms with Crippen LogP contribution >= 0.6 is 11.6 Å². The summed E-state index contributed by atoms with van der Waals surface area (Å²) in [6, 6.07) is 7.53. The predicted molar refractivity (Wildman–Crippen MR) is 131 cm³/mol. The molecular formula is C24H39ClN4O4. The Morgan fingerprint density at radius 3 is 2.73 bits per heavy atom. The van der Waals surface area contributed by atoms with E-state index in [0.29, 0.717) is 24.7 Å². The molecule has 1 saturated heterocycles. The SMILES string of the molecule is CNC[C@H](CC(C)(C)C)NC(=O)N1CCC[C@@H]([C@@H](OCCNC(=O)O)c2cccc(Cl)c2)C1. The van der Waals surface area contributed by atoms with Gasteiger partial charge in [0.05, 0.1) is 12.7 Å². The average molecular weight is 483 g/mol. The molecule has 8 nitrogen and oxygen atoms in total. The fourth-order valence-electron chi connectivity index (χ4n) is 4.40. The Hall–Kier alpha value is -2.03. The van der Waals surface area contributed by atoms with Crippen molar-refractivity contribution in [2.45, 2.75) is 52.2 Å².